The van der Waals surface area contributed by atoms with Crippen molar-refractivity contribution in [2.45, 2.75) is 11.3 Å². The molecule has 30 heavy (non-hydrogen) atoms. The van der Waals surface area contributed by atoms with Gasteiger partial charge in [0.15, 0.2) is 0 Å². The molecule has 0 fully saturated rings. The molecule has 1 aliphatic rings. The van der Waals surface area contributed by atoms with Gasteiger partial charge in [0.1, 0.15) is 11.6 Å². The van der Waals surface area contributed by atoms with Crippen LogP contribution in [0.3, 0.4) is 0 Å². The normalized spacial score (nSPS) is 13.1. The summed E-state index contributed by atoms with van der Waals surface area (Å²) in [6.45, 7) is 0.666. The molecule has 1 aliphatic heterocycles. The van der Waals surface area contributed by atoms with E-state index in [-0.39, 0.29) is 16.2 Å². The Balaban J connectivity index is 1.58. The van der Waals surface area contributed by atoms with E-state index in [0.29, 0.717) is 6.61 Å². The van der Waals surface area contributed by atoms with Crippen LogP contribution in [0.15, 0.2) is 90.0 Å². The largest absolute Gasteiger partial charge is 0.493 e. The molecular weight excluding hydrogens is 401 g/mol. The highest BCUT2D eigenvalue weighted by atomic mass is 32.2. The second kappa shape index (κ2) is 7.15. The van der Waals surface area contributed by atoms with Crippen LogP contribution < -0.4 is 4.74 Å². The third kappa shape index (κ3) is 3.09. The van der Waals surface area contributed by atoms with E-state index in [9.17, 15) is 12.8 Å². The maximum absolute atomic E-state index is 14.3. The summed E-state index contributed by atoms with van der Waals surface area (Å²) in [5.74, 6) is 0.408. The lowest BCUT2D eigenvalue weighted by Gasteiger charge is -2.13. The molecule has 0 N–H and O–H groups in total. The van der Waals surface area contributed by atoms with Crippen LogP contribution in [0.25, 0.3) is 22.4 Å². The molecule has 0 bridgehead atoms. The van der Waals surface area contributed by atoms with Crippen LogP contribution >= 0.6 is 0 Å². The number of fused-ring (bicyclic) bond motifs is 1. The van der Waals surface area contributed by atoms with Crippen LogP contribution in [0.5, 0.6) is 5.75 Å². The predicted molar refractivity (Wildman–Crippen MR) is 113 cm³/mol. The summed E-state index contributed by atoms with van der Waals surface area (Å²) in [7, 11) is -3.91. The Labute approximate surface area is 174 Å². The van der Waals surface area contributed by atoms with Gasteiger partial charge < -0.3 is 4.74 Å². The van der Waals surface area contributed by atoms with Gasteiger partial charge in [0.25, 0.3) is 10.0 Å². The fraction of sp³-hybridized carbons (Fsp3) is 0.0833. The molecule has 0 amide bonds. The summed E-state index contributed by atoms with van der Waals surface area (Å²) in [6.07, 6.45) is 2.28. The second-order valence-corrected chi connectivity index (χ2v) is 8.94. The van der Waals surface area contributed by atoms with E-state index >= 15 is 0 Å². The number of rotatable bonds is 4. The standard InChI is InChI=1S/C24H18FNO3S/c25-22-8-2-1-7-21(22)23-9-4-13-26(23)30(27,28)20-6-3-5-17(16-20)18-10-11-24-19(15-18)12-14-29-24/h1-11,13,15-16H,12,14H2. The first-order valence-electron chi connectivity index (χ1n) is 9.58. The van der Waals surface area contributed by atoms with Crippen LogP contribution in [0.2, 0.25) is 0 Å². The van der Waals surface area contributed by atoms with E-state index in [2.05, 4.69) is 0 Å². The minimum absolute atomic E-state index is 0.144. The average molecular weight is 419 g/mol. The van der Waals surface area contributed by atoms with E-state index in [4.69, 9.17) is 4.74 Å². The van der Waals surface area contributed by atoms with Gasteiger partial charge in [-0.05, 0) is 65.2 Å². The lowest BCUT2D eigenvalue weighted by molar-refractivity contribution is 0.357. The number of benzene rings is 3. The Hall–Kier alpha value is -3.38. The number of ether oxygens (including phenoxy) is 1. The first kappa shape index (κ1) is 18.6. The fourth-order valence-corrected chi connectivity index (χ4v) is 5.17. The Bertz CT molecular complexity index is 1360. The lowest BCUT2D eigenvalue weighted by Crippen LogP contribution is -2.13. The minimum atomic E-state index is -3.91. The Morgan fingerprint density at radius 2 is 1.70 bits per heavy atom. The number of hydrogen-bond donors (Lipinski definition) is 0. The maximum atomic E-state index is 14.3. The van der Waals surface area contributed by atoms with Crippen molar-refractivity contribution in [1.29, 1.82) is 0 Å². The zero-order valence-corrected chi connectivity index (χ0v) is 16.8. The summed E-state index contributed by atoms with van der Waals surface area (Å²) < 4.78 is 47.8. The molecule has 3 aromatic carbocycles. The summed E-state index contributed by atoms with van der Waals surface area (Å²) in [5, 5.41) is 0. The zero-order valence-electron chi connectivity index (χ0n) is 16.0. The summed E-state index contributed by atoms with van der Waals surface area (Å²) in [5.41, 5.74) is 3.37. The molecule has 0 aliphatic carbocycles. The Kier molecular flexibility index (Phi) is 4.44. The molecular formula is C24H18FNO3S. The van der Waals surface area contributed by atoms with Crippen LogP contribution in [-0.2, 0) is 16.4 Å². The third-order valence-electron chi connectivity index (χ3n) is 5.28. The van der Waals surface area contributed by atoms with Crippen LogP contribution in [-0.4, -0.2) is 19.0 Å². The molecule has 0 unspecified atom stereocenters. The molecule has 0 atom stereocenters. The summed E-state index contributed by atoms with van der Waals surface area (Å²) in [4.78, 5) is 0.144. The molecule has 150 valence electrons. The van der Waals surface area contributed by atoms with Crippen molar-refractivity contribution in [2.75, 3.05) is 6.61 Å². The molecule has 0 spiro atoms. The molecule has 2 heterocycles. The van der Waals surface area contributed by atoms with Crippen molar-refractivity contribution in [3.8, 4) is 28.1 Å². The first-order valence-corrected chi connectivity index (χ1v) is 11.0. The van der Waals surface area contributed by atoms with Crippen molar-refractivity contribution in [1.82, 2.24) is 3.97 Å². The molecule has 0 saturated carbocycles. The van der Waals surface area contributed by atoms with Gasteiger partial charge in [-0.25, -0.2) is 16.8 Å². The fourth-order valence-electron chi connectivity index (χ4n) is 3.77. The first-order chi connectivity index (χ1) is 14.5. The average Bonchev–Trinajstić information content (AvgIpc) is 3.43. The predicted octanol–water partition coefficient (Wildman–Crippen LogP) is 5.13. The molecule has 5 rings (SSSR count). The van der Waals surface area contributed by atoms with E-state index in [0.717, 1.165) is 32.8 Å². The Morgan fingerprint density at radius 3 is 2.57 bits per heavy atom. The van der Waals surface area contributed by atoms with Crippen molar-refractivity contribution in [2.24, 2.45) is 0 Å². The van der Waals surface area contributed by atoms with Gasteiger partial charge in [0.2, 0.25) is 0 Å². The molecule has 1 aromatic heterocycles. The SMILES string of the molecule is O=S(=O)(c1cccc(-c2ccc3c(c2)CCO3)c1)n1cccc1-c1ccccc1F. The highest BCUT2D eigenvalue weighted by Crippen LogP contribution is 2.32. The van der Waals surface area contributed by atoms with Gasteiger partial charge >= 0.3 is 0 Å². The number of aromatic nitrogens is 1. The highest BCUT2D eigenvalue weighted by Gasteiger charge is 2.22. The highest BCUT2D eigenvalue weighted by molar-refractivity contribution is 7.90. The molecule has 4 aromatic rings. The van der Waals surface area contributed by atoms with Crippen LogP contribution in [0.1, 0.15) is 5.56 Å². The van der Waals surface area contributed by atoms with Crippen LogP contribution in [0, 0.1) is 5.82 Å². The van der Waals surface area contributed by atoms with Gasteiger partial charge in [0.05, 0.1) is 17.2 Å². The van der Waals surface area contributed by atoms with Crippen molar-refractivity contribution < 1.29 is 17.5 Å². The van der Waals surface area contributed by atoms with Gasteiger partial charge in [-0.1, -0.05) is 30.3 Å². The monoisotopic (exact) mass is 419 g/mol. The number of halogens is 1. The molecule has 0 saturated heterocycles. The van der Waals surface area contributed by atoms with Gasteiger partial charge in [-0.2, -0.15) is 0 Å². The quantitative estimate of drug-likeness (QED) is 0.461. The van der Waals surface area contributed by atoms with Crippen LogP contribution in [0.4, 0.5) is 4.39 Å². The van der Waals surface area contributed by atoms with Crippen molar-refractivity contribution in [3.63, 3.8) is 0 Å². The molecule has 6 heteroatoms. The van der Waals surface area contributed by atoms with E-state index in [1.807, 2.05) is 24.3 Å². The smallest absolute Gasteiger partial charge is 0.268 e. The maximum Gasteiger partial charge on any atom is 0.268 e. The Morgan fingerprint density at radius 1 is 0.867 bits per heavy atom. The molecule has 4 nitrogen and oxygen atoms in total. The van der Waals surface area contributed by atoms with Gasteiger partial charge in [-0.15, -0.1) is 0 Å². The summed E-state index contributed by atoms with van der Waals surface area (Å²) in [6, 6.07) is 22.0. The third-order valence-corrected chi connectivity index (χ3v) is 6.96. The number of hydrogen-bond acceptors (Lipinski definition) is 3. The van der Waals surface area contributed by atoms with Crippen molar-refractivity contribution in [3.05, 3.63) is 96.4 Å². The van der Waals surface area contributed by atoms with Crippen molar-refractivity contribution >= 4 is 10.0 Å². The van der Waals surface area contributed by atoms with E-state index in [1.54, 1.807) is 48.5 Å². The number of nitrogens with zero attached hydrogens (tertiary/aromatic N) is 1. The van der Waals surface area contributed by atoms with Gasteiger partial charge in [0, 0.05) is 18.2 Å². The minimum Gasteiger partial charge on any atom is -0.493 e. The zero-order chi connectivity index (χ0) is 20.7. The van der Waals surface area contributed by atoms with E-state index in [1.165, 1.54) is 12.3 Å². The lowest BCUT2D eigenvalue weighted by atomic mass is 10.0. The van der Waals surface area contributed by atoms with E-state index < -0.39 is 15.8 Å². The van der Waals surface area contributed by atoms with Gasteiger partial charge in [-0.3, -0.25) is 0 Å². The second-order valence-electron chi connectivity index (χ2n) is 7.12. The topological polar surface area (TPSA) is 48.3 Å². The molecule has 0 radical (unpaired) electrons. The summed E-state index contributed by atoms with van der Waals surface area (Å²) >= 11 is 0.